The normalized spacial score (nSPS) is 12.0. The predicted molar refractivity (Wildman–Crippen MR) is 133 cm³/mol. The van der Waals surface area contributed by atoms with Crippen LogP contribution in [0.5, 0.6) is 5.75 Å². The first-order valence-corrected chi connectivity index (χ1v) is 9.87. The zero-order valence-corrected chi connectivity index (χ0v) is 20.0. The quantitative estimate of drug-likeness (QED) is 0.264. The van der Waals surface area contributed by atoms with Crippen molar-refractivity contribution in [1.29, 1.82) is 0 Å². The number of aliphatic imine (C=N–C) groups is 1. The molecule has 7 heteroatoms. The Morgan fingerprint density at radius 3 is 2.43 bits per heavy atom. The summed E-state index contributed by atoms with van der Waals surface area (Å²) in [5.41, 5.74) is 3.55. The number of guanidine groups is 1. The molecule has 1 aromatic heterocycles. The van der Waals surface area contributed by atoms with Gasteiger partial charge in [0.15, 0.2) is 5.96 Å². The first-order chi connectivity index (χ1) is 14.2. The molecule has 0 radical (unpaired) electrons. The van der Waals surface area contributed by atoms with E-state index in [1.807, 2.05) is 29.1 Å². The maximum absolute atomic E-state index is 5.22. The highest BCUT2D eigenvalue weighted by molar-refractivity contribution is 14.0. The second-order valence-electron chi connectivity index (χ2n) is 6.93. The minimum Gasteiger partial charge on any atom is -0.497 e. The van der Waals surface area contributed by atoms with Crippen LogP contribution in [0.25, 0.3) is 5.69 Å². The van der Waals surface area contributed by atoms with Crippen LogP contribution in [0.15, 0.2) is 72.0 Å². The number of hydrogen-bond acceptors (Lipinski definition) is 3. The fourth-order valence-electron chi connectivity index (χ4n) is 3.10. The first kappa shape index (κ1) is 23.7. The van der Waals surface area contributed by atoms with Gasteiger partial charge in [-0.1, -0.05) is 31.2 Å². The van der Waals surface area contributed by atoms with Gasteiger partial charge in [-0.25, -0.2) is 4.68 Å². The number of nitrogens with one attached hydrogen (secondary N) is 2. The summed E-state index contributed by atoms with van der Waals surface area (Å²) in [6.07, 6.45) is 4.73. The second kappa shape index (κ2) is 12.2. The number of benzene rings is 2. The highest BCUT2D eigenvalue weighted by Crippen LogP contribution is 2.21. The van der Waals surface area contributed by atoms with Crippen molar-refractivity contribution in [3.05, 3.63) is 78.1 Å². The van der Waals surface area contributed by atoms with E-state index in [-0.39, 0.29) is 24.0 Å². The summed E-state index contributed by atoms with van der Waals surface area (Å²) in [6.45, 7) is 3.80. The topological polar surface area (TPSA) is 63.5 Å². The van der Waals surface area contributed by atoms with E-state index in [0.717, 1.165) is 30.4 Å². The van der Waals surface area contributed by atoms with Crippen LogP contribution < -0.4 is 15.4 Å². The molecule has 0 spiro atoms. The molecule has 0 fully saturated rings. The van der Waals surface area contributed by atoms with Gasteiger partial charge in [-0.15, -0.1) is 24.0 Å². The zero-order valence-electron chi connectivity index (χ0n) is 17.7. The molecule has 0 amide bonds. The molecule has 1 heterocycles. The van der Waals surface area contributed by atoms with Crippen molar-refractivity contribution >= 4 is 29.9 Å². The molecule has 1 atom stereocenters. The molecule has 0 saturated carbocycles. The van der Waals surface area contributed by atoms with Crippen LogP contribution in [0.4, 0.5) is 0 Å². The Morgan fingerprint density at radius 2 is 1.83 bits per heavy atom. The van der Waals surface area contributed by atoms with E-state index in [2.05, 4.69) is 64.0 Å². The second-order valence-corrected chi connectivity index (χ2v) is 6.93. The molecular weight excluding hydrogens is 489 g/mol. The average molecular weight is 519 g/mol. The molecule has 160 valence electrons. The van der Waals surface area contributed by atoms with Crippen LogP contribution in [-0.2, 0) is 6.54 Å². The highest BCUT2D eigenvalue weighted by Gasteiger charge is 2.06. The van der Waals surface area contributed by atoms with E-state index in [4.69, 9.17) is 4.74 Å². The van der Waals surface area contributed by atoms with E-state index in [1.165, 1.54) is 11.1 Å². The molecule has 2 aromatic carbocycles. The van der Waals surface area contributed by atoms with Crippen LogP contribution in [0.3, 0.4) is 0 Å². The van der Waals surface area contributed by atoms with Crippen molar-refractivity contribution in [1.82, 2.24) is 20.4 Å². The summed E-state index contributed by atoms with van der Waals surface area (Å²) in [6, 6.07) is 18.5. The van der Waals surface area contributed by atoms with Gasteiger partial charge in [-0.3, -0.25) is 4.99 Å². The molecule has 0 saturated heterocycles. The SMILES string of the molecule is CN=C(NCCC(C)c1ccc(OC)cc1)NCc1ccc(-n2cccn2)cc1.I. The van der Waals surface area contributed by atoms with Crippen molar-refractivity contribution in [2.75, 3.05) is 20.7 Å². The number of ether oxygens (including phenoxy) is 1. The number of hydrogen-bond donors (Lipinski definition) is 2. The van der Waals surface area contributed by atoms with E-state index in [0.29, 0.717) is 12.5 Å². The minimum atomic E-state index is 0. The van der Waals surface area contributed by atoms with Gasteiger partial charge < -0.3 is 15.4 Å². The van der Waals surface area contributed by atoms with Crippen LogP contribution >= 0.6 is 24.0 Å². The Morgan fingerprint density at radius 1 is 1.10 bits per heavy atom. The lowest BCUT2D eigenvalue weighted by atomic mass is 9.98. The minimum absolute atomic E-state index is 0. The Labute approximate surface area is 195 Å². The van der Waals surface area contributed by atoms with E-state index in [1.54, 1.807) is 20.4 Å². The van der Waals surface area contributed by atoms with Gasteiger partial charge in [0.2, 0.25) is 0 Å². The smallest absolute Gasteiger partial charge is 0.191 e. The molecule has 0 bridgehead atoms. The van der Waals surface area contributed by atoms with Crippen molar-refractivity contribution < 1.29 is 4.74 Å². The summed E-state index contributed by atoms with van der Waals surface area (Å²) >= 11 is 0. The Kier molecular flexibility index (Phi) is 9.66. The Bertz CT molecular complexity index is 892. The monoisotopic (exact) mass is 519 g/mol. The van der Waals surface area contributed by atoms with E-state index in [9.17, 15) is 0 Å². The molecule has 30 heavy (non-hydrogen) atoms. The van der Waals surface area contributed by atoms with Crippen LogP contribution in [0, 0.1) is 0 Å². The highest BCUT2D eigenvalue weighted by atomic mass is 127. The number of halogens is 1. The summed E-state index contributed by atoms with van der Waals surface area (Å²) in [5.74, 6) is 2.16. The molecule has 2 N–H and O–H groups in total. The van der Waals surface area contributed by atoms with Gasteiger partial charge in [0.1, 0.15) is 5.75 Å². The fraction of sp³-hybridized carbons (Fsp3) is 0.304. The summed E-state index contributed by atoms with van der Waals surface area (Å²) in [4.78, 5) is 4.32. The number of nitrogens with zero attached hydrogens (tertiary/aromatic N) is 3. The third kappa shape index (κ3) is 6.76. The largest absolute Gasteiger partial charge is 0.497 e. The fourth-order valence-corrected chi connectivity index (χ4v) is 3.10. The molecule has 6 nitrogen and oxygen atoms in total. The van der Waals surface area contributed by atoms with Gasteiger partial charge in [0, 0.05) is 32.5 Å². The van der Waals surface area contributed by atoms with Crippen molar-refractivity contribution in [3.8, 4) is 11.4 Å². The van der Waals surface area contributed by atoms with Crippen LogP contribution in [0.2, 0.25) is 0 Å². The Balaban J connectivity index is 0.00000320. The molecule has 0 aliphatic rings. The molecule has 0 aliphatic carbocycles. The van der Waals surface area contributed by atoms with Gasteiger partial charge in [0.05, 0.1) is 12.8 Å². The number of aromatic nitrogens is 2. The van der Waals surface area contributed by atoms with E-state index >= 15 is 0 Å². The molecule has 3 aromatic rings. The lowest BCUT2D eigenvalue weighted by Crippen LogP contribution is -2.37. The number of methoxy groups -OCH3 is 1. The molecule has 1 unspecified atom stereocenters. The first-order valence-electron chi connectivity index (χ1n) is 9.87. The summed E-state index contributed by atoms with van der Waals surface area (Å²) in [5, 5.41) is 11.0. The lowest BCUT2D eigenvalue weighted by molar-refractivity contribution is 0.414. The molecule has 3 rings (SSSR count). The number of rotatable bonds is 8. The average Bonchev–Trinajstić information content (AvgIpc) is 3.31. The summed E-state index contributed by atoms with van der Waals surface area (Å²) in [7, 11) is 3.48. The predicted octanol–water partition coefficient (Wildman–Crippen LogP) is 4.36. The van der Waals surface area contributed by atoms with Gasteiger partial charge in [-0.05, 0) is 53.8 Å². The van der Waals surface area contributed by atoms with E-state index < -0.39 is 0 Å². The lowest BCUT2D eigenvalue weighted by Gasteiger charge is -2.15. The standard InChI is InChI=1S/C23H29N5O.HI/c1-18(20-7-11-22(29-3)12-8-20)13-15-25-23(24-2)26-17-19-5-9-21(10-6-19)28-16-4-14-27-28;/h4-12,14,16,18H,13,15,17H2,1-3H3,(H2,24,25,26);1H. The third-order valence-corrected chi connectivity index (χ3v) is 4.94. The van der Waals surface area contributed by atoms with Gasteiger partial charge in [-0.2, -0.15) is 5.10 Å². The zero-order chi connectivity index (χ0) is 20.5. The molecule has 0 aliphatic heterocycles. The maximum Gasteiger partial charge on any atom is 0.191 e. The van der Waals surface area contributed by atoms with Crippen molar-refractivity contribution in [2.45, 2.75) is 25.8 Å². The van der Waals surface area contributed by atoms with Crippen molar-refractivity contribution in [3.63, 3.8) is 0 Å². The summed E-state index contributed by atoms with van der Waals surface area (Å²) < 4.78 is 7.07. The van der Waals surface area contributed by atoms with Gasteiger partial charge in [0.25, 0.3) is 0 Å². The van der Waals surface area contributed by atoms with Gasteiger partial charge >= 0.3 is 0 Å². The Hall–Kier alpha value is -2.55. The maximum atomic E-state index is 5.22. The molecular formula is C23H30IN5O. The third-order valence-electron chi connectivity index (χ3n) is 4.94. The van der Waals surface area contributed by atoms with Crippen molar-refractivity contribution in [2.24, 2.45) is 4.99 Å². The van der Waals surface area contributed by atoms with Crippen LogP contribution in [0.1, 0.15) is 30.4 Å². The van der Waals surface area contributed by atoms with Crippen LogP contribution in [-0.4, -0.2) is 36.4 Å².